The Labute approximate surface area is 220 Å². The van der Waals surface area contributed by atoms with Crippen LogP contribution in [0.25, 0.3) is 22.2 Å². The van der Waals surface area contributed by atoms with E-state index < -0.39 is 0 Å². The van der Waals surface area contributed by atoms with E-state index in [2.05, 4.69) is 16.3 Å². The largest absolute Gasteiger partial charge is 0.457 e. The monoisotopic (exact) mass is 504 g/mol. The van der Waals surface area contributed by atoms with E-state index in [1.165, 1.54) is 0 Å². The molecule has 2 aromatic carbocycles. The highest BCUT2D eigenvalue weighted by molar-refractivity contribution is 6.00. The summed E-state index contributed by atoms with van der Waals surface area (Å²) in [6.45, 7) is 1.17. The van der Waals surface area contributed by atoms with Crippen LogP contribution in [0.1, 0.15) is 37.3 Å². The summed E-state index contributed by atoms with van der Waals surface area (Å²) in [4.78, 5) is 20.0. The summed E-state index contributed by atoms with van der Waals surface area (Å²) in [6, 6.07) is 21.5. The van der Waals surface area contributed by atoms with Gasteiger partial charge in [0.15, 0.2) is 5.82 Å². The highest BCUT2D eigenvalue weighted by Gasteiger charge is 2.30. The van der Waals surface area contributed by atoms with Crippen molar-refractivity contribution < 1.29 is 9.53 Å². The van der Waals surface area contributed by atoms with Gasteiger partial charge in [0.25, 0.3) is 5.91 Å². The number of para-hydroxylation sites is 1. The number of nitrogens with two attached hydrogens (primary N) is 1. The number of hydrogen-bond acceptors (Lipinski definition) is 6. The summed E-state index contributed by atoms with van der Waals surface area (Å²) in [5.41, 5.74) is 9.82. The number of aromatic amines is 1. The van der Waals surface area contributed by atoms with Gasteiger partial charge in [0, 0.05) is 30.3 Å². The highest BCUT2D eigenvalue weighted by Crippen LogP contribution is 2.36. The van der Waals surface area contributed by atoms with E-state index in [9.17, 15) is 10.1 Å². The van der Waals surface area contributed by atoms with Gasteiger partial charge in [-0.25, -0.2) is 0 Å². The molecule has 3 N–H and O–H groups in total. The molecule has 3 heterocycles. The van der Waals surface area contributed by atoms with Crippen molar-refractivity contribution in [2.24, 2.45) is 5.92 Å². The van der Waals surface area contributed by atoms with Crippen LogP contribution in [0.15, 0.2) is 72.3 Å². The number of H-pyrrole nitrogens is 1. The Kier molecular flexibility index (Phi) is 6.26. The minimum absolute atomic E-state index is 0.0435. The molecule has 38 heavy (non-hydrogen) atoms. The van der Waals surface area contributed by atoms with Gasteiger partial charge in [0.05, 0.1) is 16.6 Å². The number of aromatic nitrogens is 3. The maximum absolute atomic E-state index is 13.1. The number of anilines is 1. The van der Waals surface area contributed by atoms with Crippen molar-refractivity contribution in [3.63, 3.8) is 0 Å². The average Bonchev–Trinajstić information content (AvgIpc) is 3.71. The number of hydrogen-bond donors (Lipinski definition) is 2. The normalized spacial score (nSPS) is 17.8. The lowest BCUT2D eigenvalue weighted by Crippen LogP contribution is -2.40. The molecule has 1 saturated heterocycles. The quantitative estimate of drug-likeness (QED) is 0.262. The van der Waals surface area contributed by atoms with Gasteiger partial charge in [-0.3, -0.25) is 14.9 Å². The number of carbonyl (C=O) groups is 1. The molecule has 0 bridgehead atoms. The molecule has 0 radical (unpaired) electrons. The second-order valence-electron chi connectivity index (χ2n) is 9.99. The lowest BCUT2D eigenvalue weighted by atomic mass is 9.92. The van der Waals surface area contributed by atoms with Crippen molar-refractivity contribution in [2.75, 3.05) is 18.8 Å². The summed E-state index contributed by atoms with van der Waals surface area (Å²) in [6.07, 6.45) is 5.71. The van der Waals surface area contributed by atoms with E-state index in [4.69, 9.17) is 15.5 Å². The van der Waals surface area contributed by atoms with E-state index >= 15 is 0 Å². The molecule has 6 rings (SSSR count). The number of rotatable bonds is 6. The van der Waals surface area contributed by atoms with Crippen LogP contribution in [0.2, 0.25) is 0 Å². The summed E-state index contributed by atoms with van der Waals surface area (Å²) in [7, 11) is 0. The van der Waals surface area contributed by atoms with Crippen LogP contribution >= 0.6 is 0 Å². The van der Waals surface area contributed by atoms with Gasteiger partial charge in [0.2, 0.25) is 0 Å². The molecule has 190 valence electrons. The fourth-order valence-electron chi connectivity index (χ4n) is 5.04. The molecule has 2 aliphatic rings. The van der Waals surface area contributed by atoms with Crippen molar-refractivity contribution in [1.29, 1.82) is 5.26 Å². The predicted octanol–water partition coefficient (Wildman–Crippen LogP) is 5.57. The fourth-order valence-corrected chi connectivity index (χ4v) is 5.04. The van der Waals surface area contributed by atoms with Gasteiger partial charge in [0.1, 0.15) is 23.1 Å². The van der Waals surface area contributed by atoms with Crippen molar-refractivity contribution in [3.8, 4) is 28.8 Å². The SMILES string of the molecule is N#C/C(=C/C1CC1)C(=O)N1CCCC(c2cc3[nH]nc(N)c3c(-c3ccc(Oc4ccccc4)cc3)n2)C1. The summed E-state index contributed by atoms with van der Waals surface area (Å²) >= 11 is 0. The number of allylic oxidation sites excluding steroid dienone is 1. The molecule has 1 aliphatic heterocycles. The zero-order valence-electron chi connectivity index (χ0n) is 20.9. The number of piperidine rings is 1. The van der Waals surface area contributed by atoms with E-state index in [1.807, 2.05) is 66.7 Å². The first-order chi connectivity index (χ1) is 18.6. The van der Waals surface area contributed by atoms with Crippen LogP contribution < -0.4 is 10.5 Å². The number of benzene rings is 2. The Morgan fingerprint density at radius 3 is 2.61 bits per heavy atom. The zero-order valence-corrected chi connectivity index (χ0v) is 20.9. The molecular formula is C30H28N6O2. The van der Waals surface area contributed by atoms with E-state index in [-0.39, 0.29) is 17.4 Å². The van der Waals surface area contributed by atoms with Crippen molar-refractivity contribution in [3.05, 3.63) is 78.0 Å². The number of likely N-dealkylation sites (tertiary alicyclic amines) is 1. The molecular weight excluding hydrogens is 476 g/mol. The molecule has 8 nitrogen and oxygen atoms in total. The summed E-state index contributed by atoms with van der Waals surface area (Å²) < 4.78 is 5.95. The number of carbonyl (C=O) groups excluding carboxylic acids is 1. The Morgan fingerprint density at radius 1 is 1.11 bits per heavy atom. The fraction of sp³-hybridized carbons (Fsp3) is 0.267. The van der Waals surface area contributed by atoms with Crippen LogP contribution in [0.3, 0.4) is 0 Å². The maximum atomic E-state index is 13.1. The lowest BCUT2D eigenvalue weighted by Gasteiger charge is -2.32. The molecule has 1 aliphatic carbocycles. The molecule has 0 spiro atoms. The topological polar surface area (TPSA) is 121 Å². The highest BCUT2D eigenvalue weighted by atomic mass is 16.5. The number of amides is 1. The van der Waals surface area contributed by atoms with Crippen molar-refractivity contribution >= 4 is 22.6 Å². The standard InChI is InChI=1S/C30H28N6O2/c31-17-22(15-19-8-9-19)30(37)36-14-4-5-21(18-36)25-16-26-27(29(32)35-34-26)28(33-25)20-10-12-24(13-11-20)38-23-6-2-1-3-7-23/h1-3,6-7,10-13,15-16,19,21H,4-5,8-9,14,18H2,(H3,32,34,35)/b22-15-. The lowest BCUT2D eigenvalue weighted by molar-refractivity contribution is -0.127. The summed E-state index contributed by atoms with van der Waals surface area (Å²) in [5, 5.41) is 17.6. The minimum atomic E-state index is -0.176. The number of fused-ring (bicyclic) bond motifs is 1. The van der Waals surface area contributed by atoms with Crippen LogP contribution in [0, 0.1) is 17.2 Å². The van der Waals surface area contributed by atoms with Gasteiger partial charge in [-0.05, 0) is 74.1 Å². The van der Waals surface area contributed by atoms with E-state index in [1.54, 1.807) is 4.90 Å². The molecule has 2 aromatic heterocycles. The third-order valence-electron chi connectivity index (χ3n) is 7.20. The molecule has 1 amide bonds. The van der Waals surface area contributed by atoms with Crippen LogP contribution in [0.4, 0.5) is 5.82 Å². The summed E-state index contributed by atoms with van der Waals surface area (Å²) in [5.74, 6) is 2.12. The first-order valence-electron chi connectivity index (χ1n) is 13.0. The van der Waals surface area contributed by atoms with Crippen LogP contribution in [-0.2, 0) is 4.79 Å². The molecule has 1 unspecified atom stereocenters. The smallest absolute Gasteiger partial charge is 0.264 e. The second-order valence-corrected chi connectivity index (χ2v) is 9.99. The molecule has 8 heteroatoms. The number of nitrogens with one attached hydrogen (secondary N) is 1. The van der Waals surface area contributed by atoms with Gasteiger partial charge < -0.3 is 15.4 Å². The minimum Gasteiger partial charge on any atom is -0.457 e. The predicted molar refractivity (Wildman–Crippen MR) is 145 cm³/mol. The average molecular weight is 505 g/mol. The van der Waals surface area contributed by atoms with Gasteiger partial charge >= 0.3 is 0 Å². The van der Waals surface area contributed by atoms with Crippen molar-refractivity contribution in [2.45, 2.75) is 31.6 Å². The number of nitrogen functional groups attached to an aromatic ring is 1. The first kappa shape index (κ1) is 23.7. The van der Waals surface area contributed by atoms with Gasteiger partial charge in [-0.1, -0.05) is 24.3 Å². The van der Waals surface area contributed by atoms with Gasteiger partial charge in [-0.2, -0.15) is 10.4 Å². The number of nitrogens with zero attached hydrogens (tertiary/aromatic N) is 4. The third kappa shape index (κ3) is 4.83. The first-order valence-corrected chi connectivity index (χ1v) is 13.0. The van der Waals surface area contributed by atoms with E-state index in [0.717, 1.165) is 65.0 Å². The van der Waals surface area contributed by atoms with Gasteiger partial charge in [-0.15, -0.1) is 0 Å². The molecule has 1 saturated carbocycles. The Bertz CT molecular complexity index is 1550. The van der Waals surface area contributed by atoms with Crippen LogP contribution in [0.5, 0.6) is 11.5 Å². The number of nitriles is 1. The maximum Gasteiger partial charge on any atom is 0.264 e. The molecule has 2 fully saturated rings. The third-order valence-corrected chi connectivity index (χ3v) is 7.20. The van der Waals surface area contributed by atoms with E-state index in [0.29, 0.717) is 24.8 Å². The molecule has 4 aromatic rings. The Hall–Kier alpha value is -4.64. The second kappa shape index (κ2) is 10.0. The Balaban J connectivity index is 1.29. The molecule has 1 atom stereocenters. The number of pyridine rings is 1. The number of ether oxygens (including phenoxy) is 1. The Morgan fingerprint density at radius 2 is 1.87 bits per heavy atom. The zero-order chi connectivity index (χ0) is 26.1. The van der Waals surface area contributed by atoms with Crippen LogP contribution in [-0.4, -0.2) is 39.1 Å². The van der Waals surface area contributed by atoms with Crippen molar-refractivity contribution in [1.82, 2.24) is 20.1 Å².